The molecule has 3 rings (SSSR count). The second kappa shape index (κ2) is 7.42. The van der Waals surface area contributed by atoms with Crippen molar-refractivity contribution >= 4 is 0 Å². The molecule has 0 radical (unpaired) electrons. The van der Waals surface area contributed by atoms with Crippen LogP contribution in [0, 0.1) is 6.92 Å². The first kappa shape index (κ1) is 16.4. The van der Waals surface area contributed by atoms with Gasteiger partial charge in [-0.3, -0.25) is 5.32 Å². The Labute approximate surface area is 141 Å². The standard InChI is InChI=1S/C18H22N4O2/c1-13-9-10-18(24-13)17(12-23-3)19-14(2)16-11-22(21-20-16)15-7-5-4-6-8-15/h4-11,14,17,19H,12H2,1-3H3/t14-,17-/m0/s1. The fourth-order valence-corrected chi connectivity index (χ4v) is 2.59. The highest BCUT2D eigenvalue weighted by atomic mass is 16.5. The number of hydrogen-bond acceptors (Lipinski definition) is 5. The van der Waals surface area contributed by atoms with Crippen LogP contribution in [0.15, 0.2) is 53.1 Å². The maximum atomic E-state index is 5.73. The Morgan fingerprint density at radius 2 is 2.00 bits per heavy atom. The van der Waals surface area contributed by atoms with Crippen molar-refractivity contribution in [3.05, 3.63) is 65.9 Å². The summed E-state index contributed by atoms with van der Waals surface area (Å²) in [6.45, 7) is 4.50. The number of hydrogen-bond donors (Lipinski definition) is 1. The zero-order valence-electron chi connectivity index (χ0n) is 14.1. The topological polar surface area (TPSA) is 65.1 Å². The fraction of sp³-hybridized carbons (Fsp3) is 0.333. The first-order chi connectivity index (χ1) is 11.7. The summed E-state index contributed by atoms with van der Waals surface area (Å²) in [5.41, 5.74) is 1.85. The molecule has 3 aromatic rings. The van der Waals surface area contributed by atoms with Crippen LogP contribution in [0.3, 0.4) is 0 Å². The number of methoxy groups -OCH3 is 1. The second-order valence-corrected chi connectivity index (χ2v) is 5.77. The molecule has 2 atom stereocenters. The van der Waals surface area contributed by atoms with Gasteiger partial charge < -0.3 is 9.15 Å². The normalized spacial score (nSPS) is 13.8. The van der Waals surface area contributed by atoms with Gasteiger partial charge in [0.15, 0.2) is 0 Å². The molecule has 0 unspecified atom stereocenters. The highest BCUT2D eigenvalue weighted by Crippen LogP contribution is 2.21. The number of aryl methyl sites for hydroxylation is 1. The number of furan rings is 1. The van der Waals surface area contributed by atoms with Gasteiger partial charge in [-0.15, -0.1) is 5.10 Å². The Bertz CT molecular complexity index is 766. The van der Waals surface area contributed by atoms with E-state index in [1.807, 2.05) is 55.6 Å². The van der Waals surface area contributed by atoms with Gasteiger partial charge in [0.1, 0.15) is 11.5 Å². The van der Waals surface area contributed by atoms with E-state index >= 15 is 0 Å². The van der Waals surface area contributed by atoms with Crippen LogP contribution in [0.25, 0.3) is 5.69 Å². The van der Waals surface area contributed by atoms with Crippen molar-refractivity contribution in [2.24, 2.45) is 0 Å². The second-order valence-electron chi connectivity index (χ2n) is 5.77. The Kier molecular flexibility index (Phi) is 5.08. The van der Waals surface area contributed by atoms with Crippen molar-refractivity contribution in [2.45, 2.75) is 25.9 Å². The van der Waals surface area contributed by atoms with Gasteiger partial charge in [-0.25, -0.2) is 4.68 Å². The van der Waals surface area contributed by atoms with Gasteiger partial charge in [0, 0.05) is 7.11 Å². The van der Waals surface area contributed by atoms with Crippen molar-refractivity contribution in [1.82, 2.24) is 20.3 Å². The number of rotatable bonds is 7. The van der Waals surface area contributed by atoms with E-state index in [4.69, 9.17) is 9.15 Å². The van der Waals surface area contributed by atoms with Crippen LogP contribution >= 0.6 is 0 Å². The summed E-state index contributed by atoms with van der Waals surface area (Å²) in [6.07, 6.45) is 1.93. The lowest BCUT2D eigenvalue weighted by Gasteiger charge is -2.19. The lowest BCUT2D eigenvalue weighted by Crippen LogP contribution is -2.28. The van der Waals surface area contributed by atoms with E-state index in [0.29, 0.717) is 6.61 Å². The van der Waals surface area contributed by atoms with Gasteiger partial charge in [0.25, 0.3) is 0 Å². The molecule has 0 fully saturated rings. The summed E-state index contributed by atoms with van der Waals surface area (Å²) in [4.78, 5) is 0. The van der Waals surface area contributed by atoms with Gasteiger partial charge in [0.2, 0.25) is 0 Å². The average molecular weight is 326 g/mol. The van der Waals surface area contributed by atoms with Gasteiger partial charge in [-0.2, -0.15) is 0 Å². The third-order valence-corrected chi connectivity index (χ3v) is 3.86. The maximum absolute atomic E-state index is 5.73. The number of ether oxygens (including phenoxy) is 1. The number of nitrogens with one attached hydrogen (secondary N) is 1. The van der Waals surface area contributed by atoms with E-state index in [9.17, 15) is 0 Å². The van der Waals surface area contributed by atoms with E-state index in [0.717, 1.165) is 22.9 Å². The quantitative estimate of drug-likeness (QED) is 0.722. The van der Waals surface area contributed by atoms with Crippen LogP contribution in [0.4, 0.5) is 0 Å². The first-order valence-corrected chi connectivity index (χ1v) is 7.96. The van der Waals surface area contributed by atoms with Gasteiger partial charge in [-0.05, 0) is 38.1 Å². The zero-order chi connectivity index (χ0) is 16.9. The molecule has 2 heterocycles. The Hall–Kier alpha value is -2.44. The molecule has 0 spiro atoms. The van der Waals surface area contributed by atoms with Gasteiger partial charge in [-0.1, -0.05) is 23.4 Å². The average Bonchev–Trinajstić information content (AvgIpc) is 3.24. The van der Waals surface area contributed by atoms with Crippen LogP contribution in [0.5, 0.6) is 0 Å². The minimum absolute atomic E-state index is 0.00742. The largest absolute Gasteiger partial charge is 0.465 e. The predicted octanol–water partition coefficient (Wildman–Crippen LogP) is 3.21. The molecule has 0 amide bonds. The van der Waals surface area contributed by atoms with E-state index in [-0.39, 0.29) is 12.1 Å². The number of nitrogens with zero attached hydrogens (tertiary/aromatic N) is 3. The third kappa shape index (κ3) is 3.72. The first-order valence-electron chi connectivity index (χ1n) is 7.96. The fourth-order valence-electron chi connectivity index (χ4n) is 2.59. The summed E-state index contributed by atoms with van der Waals surface area (Å²) in [6, 6.07) is 13.8. The summed E-state index contributed by atoms with van der Waals surface area (Å²) in [5.74, 6) is 1.74. The highest BCUT2D eigenvalue weighted by molar-refractivity contribution is 5.30. The Balaban J connectivity index is 1.73. The Morgan fingerprint density at radius 3 is 2.67 bits per heavy atom. The lowest BCUT2D eigenvalue weighted by molar-refractivity contribution is 0.151. The molecule has 24 heavy (non-hydrogen) atoms. The molecule has 0 aliphatic carbocycles. The summed E-state index contributed by atoms with van der Waals surface area (Å²) >= 11 is 0. The highest BCUT2D eigenvalue weighted by Gasteiger charge is 2.20. The molecule has 6 nitrogen and oxygen atoms in total. The molecule has 0 aliphatic rings. The van der Waals surface area contributed by atoms with Crippen molar-refractivity contribution < 1.29 is 9.15 Å². The third-order valence-electron chi connectivity index (χ3n) is 3.86. The van der Waals surface area contributed by atoms with Crippen LogP contribution in [-0.2, 0) is 4.74 Å². The summed E-state index contributed by atoms with van der Waals surface area (Å²) < 4.78 is 12.8. The van der Waals surface area contributed by atoms with Gasteiger partial charge >= 0.3 is 0 Å². The minimum Gasteiger partial charge on any atom is -0.465 e. The van der Waals surface area contributed by atoms with E-state index in [1.165, 1.54) is 0 Å². The molecule has 1 N–H and O–H groups in total. The lowest BCUT2D eigenvalue weighted by atomic mass is 10.1. The minimum atomic E-state index is -0.0411. The molecular weight excluding hydrogens is 304 g/mol. The number of benzene rings is 1. The molecule has 126 valence electrons. The molecule has 6 heteroatoms. The molecule has 0 saturated heterocycles. The number of aromatic nitrogens is 3. The maximum Gasteiger partial charge on any atom is 0.123 e. The smallest absolute Gasteiger partial charge is 0.123 e. The van der Waals surface area contributed by atoms with Gasteiger partial charge in [0.05, 0.1) is 36.3 Å². The van der Waals surface area contributed by atoms with Crippen molar-refractivity contribution in [3.8, 4) is 5.69 Å². The van der Waals surface area contributed by atoms with E-state index < -0.39 is 0 Å². The van der Waals surface area contributed by atoms with Crippen molar-refractivity contribution in [2.75, 3.05) is 13.7 Å². The molecule has 1 aromatic carbocycles. The number of para-hydroxylation sites is 1. The molecule has 0 aliphatic heterocycles. The Morgan fingerprint density at radius 1 is 1.21 bits per heavy atom. The predicted molar refractivity (Wildman–Crippen MR) is 91.0 cm³/mol. The van der Waals surface area contributed by atoms with E-state index in [1.54, 1.807) is 11.8 Å². The summed E-state index contributed by atoms with van der Waals surface area (Å²) in [5, 5.41) is 12.0. The molecule has 0 bridgehead atoms. The van der Waals surface area contributed by atoms with Crippen LogP contribution in [-0.4, -0.2) is 28.7 Å². The van der Waals surface area contributed by atoms with Crippen molar-refractivity contribution in [1.29, 1.82) is 0 Å². The molecule has 0 saturated carbocycles. The SMILES string of the molecule is COC[C@H](N[C@@H](C)c1cn(-c2ccccc2)nn1)c1ccc(C)o1. The van der Waals surface area contributed by atoms with Crippen LogP contribution in [0.2, 0.25) is 0 Å². The van der Waals surface area contributed by atoms with Crippen LogP contribution < -0.4 is 5.32 Å². The monoisotopic (exact) mass is 326 g/mol. The van der Waals surface area contributed by atoms with E-state index in [2.05, 4.69) is 22.6 Å². The van der Waals surface area contributed by atoms with Crippen molar-refractivity contribution in [3.63, 3.8) is 0 Å². The summed E-state index contributed by atoms with van der Waals surface area (Å²) in [7, 11) is 1.68. The molecule has 2 aromatic heterocycles. The zero-order valence-corrected chi connectivity index (χ0v) is 14.1. The van der Waals surface area contributed by atoms with Crippen LogP contribution in [0.1, 0.15) is 36.2 Å². The molecular formula is C18H22N4O2.